The summed E-state index contributed by atoms with van der Waals surface area (Å²) in [5.74, 6) is -1.10. The van der Waals surface area contributed by atoms with Gasteiger partial charge in [-0.2, -0.15) is 0 Å². The van der Waals surface area contributed by atoms with Gasteiger partial charge in [0, 0.05) is 6.42 Å². The summed E-state index contributed by atoms with van der Waals surface area (Å²) in [4.78, 5) is 0. The minimum absolute atomic E-state index is 0.129. The molecule has 1 saturated carbocycles. The molecule has 2 aliphatic heterocycles. The first-order valence-corrected chi connectivity index (χ1v) is 8.04. The van der Waals surface area contributed by atoms with E-state index < -0.39 is 66.8 Å². The topological polar surface area (TPSA) is 169 Å². The molecule has 3 aliphatic rings. The van der Waals surface area contributed by atoms with Crippen LogP contribution in [0.1, 0.15) is 13.3 Å². The summed E-state index contributed by atoms with van der Waals surface area (Å²) in [5.41, 5.74) is -3.35. The van der Waals surface area contributed by atoms with E-state index in [1.54, 1.807) is 0 Å². The predicted molar refractivity (Wildman–Crippen MR) is 78.6 cm³/mol. The van der Waals surface area contributed by atoms with Crippen molar-refractivity contribution in [1.82, 2.24) is 0 Å². The Kier molecular flexibility index (Phi) is 4.86. The molecule has 10 atom stereocenters. The van der Waals surface area contributed by atoms with Crippen LogP contribution in [0.3, 0.4) is 0 Å². The van der Waals surface area contributed by atoms with Gasteiger partial charge in [-0.3, -0.25) is 0 Å². The largest absolute Gasteiger partial charge is 0.472 e. The van der Waals surface area contributed by atoms with E-state index in [2.05, 4.69) is 0 Å². The van der Waals surface area contributed by atoms with E-state index in [1.807, 2.05) is 0 Å². The van der Waals surface area contributed by atoms with Gasteiger partial charge in [-0.15, -0.1) is 0 Å². The van der Waals surface area contributed by atoms with E-state index in [9.17, 15) is 35.7 Å². The molecule has 25 heavy (non-hydrogen) atoms. The van der Waals surface area contributed by atoms with Gasteiger partial charge in [-0.25, -0.2) is 0 Å². The summed E-state index contributed by atoms with van der Waals surface area (Å²) < 4.78 is 16.0. The highest BCUT2D eigenvalue weighted by Gasteiger charge is 2.64. The van der Waals surface area contributed by atoms with Gasteiger partial charge in [0.05, 0.1) is 30.5 Å². The summed E-state index contributed by atoms with van der Waals surface area (Å²) in [7, 11) is 0. The van der Waals surface area contributed by atoms with E-state index in [4.69, 9.17) is 14.2 Å². The van der Waals surface area contributed by atoms with Gasteiger partial charge >= 0.3 is 0 Å². The van der Waals surface area contributed by atoms with Crippen LogP contribution in [0, 0.1) is 5.92 Å². The zero-order valence-corrected chi connectivity index (χ0v) is 13.5. The third-order valence-electron chi connectivity index (χ3n) is 5.25. The molecule has 2 heterocycles. The number of aliphatic hydroxyl groups excluding tert-OH is 5. The lowest BCUT2D eigenvalue weighted by Crippen LogP contribution is -2.61. The van der Waals surface area contributed by atoms with E-state index in [1.165, 1.54) is 13.0 Å². The Morgan fingerprint density at radius 2 is 1.76 bits per heavy atom. The first-order chi connectivity index (χ1) is 11.6. The molecule has 7 N–H and O–H groups in total. The van der Waals surface area contributed by atoms with Crippen molar-refractivity contribution in [2.75, 3.05) is 6.61 Å². The molecule has 0 aromatic carbocycles. The summed E-state index contributed by atoms with van der Waals surface area (Å²) in [5, 5.41) is 70.2. The van der Waals surface area contributed by atoms with E-state index in [0.29, 0.717) is 0 Å². The Morgan fingerprint density at radius 3 is 2.40 bits per heavy atom. The first-order valence-electron chi connectivity index (χ1n) is 8.04. The van der Waals surface area contributed by atoms with Crippen molar-refractivity contribution in [2.24, 2.45) is 5.92 Å². The van der Waals surface area contributed by atoms with Crippen LogP contribution in [-0.2, 0) is 14.2 Å². The van der Waals surface area contributed by atoms with Crippen LogP contribution in [0.4, 0.5) is 0 Å². The molecule has 0 spiro atoms. The number of ether oxygens (including phenoxy) is 3. The summed E-state index contributed by atoms with van der Waals surface area (Å²) in [6, 6.07) is 0. The van der Waals surface area contributed by atoms with Gasteiger partial charge in [0.15, 0.2) is 6.29 Å². The minimum Gasteiger partial charge on any atom is -0.472 e. The zero-order valence-electron chi connectivity index (χ0n) is 13.5. The van der Waals surface area contributed by atoms with Crippen molar-refractivity contribution < 1.29 is 50.0 Å². The van der Waals surface area contributed by atoms with Gasteiger partial charge in [-0.1, -0.05) is 0 Å². The SMILES string of the molecule is C[C@@]1(O)C[C@H](O)[C@@]2(O)C=CO[C@H](O[C@H]3O[C@@H](CO)[C@H](O)[C@@H](O)[C@@H]3O)C21. The second-order valence-corrected chi connectivity index (χ2v) is 7.08. The molecular weight excluding hydrogens is 340 g/mol. The first kappa shape index (κ1) is 19.0. The fourth-order valence-corrected chi connectivity index (χ4v) is 3.84. The Labute approximate surface area is 143 Å². The van der Waals surface area contributed by atoms with Crippen molar-refractivity contribution in [3.8, 4) is 0 Å². The van der Waals surface area contributed by atoms with Gasteiger partial charge in [0.25, 0.3) is 0 Å². The Hall–Kier alpha value is -0.820. The van der Waals surface area contributed by atoms with Crippen LogP contribution in [0.25, 0.3) is 0 Å². The average Bonchev–Trinajstić information content (AvgIpc) is 2.73. The molecule has 10 heteroatoms. The lowest BCUT2D eigenvalue weighted by atomic mass is 9.81. The number of hydrogen-bond acceptors (Lipinski definition) is 10. The lowest BCUT2D eigenvalue weighted by Gasteiger charge is -2.45. The standard InChI is InChI=1S/C15H24O10/c1-14(21)4-7(17)15(22)2-3-23-13(11(14)15)25-12-10(20)9(19)8(18)6(5-16)24-12/h2-3,6-13,16-22H,4-5H2,1H3/t6-,7-,8-,9+,10-,11?,12+,13+,14+,15-/m0/s1. The molecule has 0 amide bonds. The quantitative estimate of drug-likeness (QED) is 0.267. The van der Waals surface area contributed by atoms with Crippen molar-refractivity contribution in [3.63, 3.8) is 0 Å². The molecule has 1 saturated heterocycles. The van der Waals surface area contributed by atoms with Crippen LogP contribution < -0.4 is 0 Å². The molecule has 0 bridgehead atoms. The van der Waals surface area contributed by atoms with Crippen molar-refractivity contribution in [2.45, 2.75) is 67.6 Å². The van der Waals surface area contributed by atoms with Crippen molar-refractivity contribution in [1.29, 1.82) is 0 Å². The number of aliphatic hydroxyl groups is 7. The van der Waals surface area contributed by atoms with Gasteiger partial charge in [-0.05, 0) is 13.0 Å². The van der Waals surface area contributed by atoms with Crippen molar-refractivity contribution in [3.05, 3.63) is 12.3 Å². The lowest BCUT2D eigenvalue weighted by molar-refractivity contribution is -0.351. The minimum atomic E-state index is -1.81. The maximum absolute atomic E-state index is 10.7. The van der Waals surface area contributed by atoms with Gasteiger partial charge in [0.1, 0.15) is 30.0 Å². The van der Waals surface area contributed by atoms with E-state index >= 15 is 0 Å². The molecule has 144 valence electrons. The second-order valence-electron chi connectivity index (χ2n) is 7.08. The third kappa shape index (κ3) is 2.97. The number of fused-ring (bicyclic) bond motifs is 1. The van der Waals surface area contributed by atoms with Crippen molar-refractivity contribution >= 4 is 0 Å². The second kappa shape index (κ2) is 6.41. The maximum atomic E-state index is 10.7. The monoisotopic (exact) mass is 364 g/mol. The van der Waals surface area contributed by atoms with Crippen LogP contribution in [0.2, 0.25) is 0 Å². The Balaban J connectivity index is 1.81. The third-order valence-corrected chi connectivity index (χ3v) is 5.25. The normalized spacial score (nSPS) is 55.7. The number of hydrogen-bond donors (Lipinski definition) is 7. The zero-order chi connectivity index (χ0) is 18.6. The molecule has 3 rings (SSSR count). The molecule has 2 fully saturated rings. The molecule has 1 unspecified atom stereocenters. The van der Waals surface area contributed by atoms with Gasteiger partial charge < -0.3 is 50.0 Å². The molecule has 0 aromatic rings. The smallest absolute Gasteiger partial charge is 0.210 e. The molecule has 0 aromatic heterocycles. The summed E-state index contributed by atoms with van der Waals surface area (Å²) >= 11 is 0. The van der Waals surface area contributed by atoms with Gasteiger partial charge in [0.2, 0.25) is 6.29 Å². The highest BCUT2D eigenvalue weighted by atomic mass is 16.8. The molecule has 10 nitrogen and oxygen atoms in total. The Bertz CT molecular complexity index is 522. The molecular formula is C15H24O10. The van der Waals surface area contributed by atoms with Crippen LogP contribution >= 0.6 is 0 Å². The van der Waals surface area contributed by atoms with E-state index in [0.717, 1.165) is 6.26 Å². The Morgan fingerprint density at radius 1 is 1.08 bits per heavy atom. The van der Waals surface area contributed by atoms with Crippen LogP contribution in [-0.4, -0.2) is 96.7 Å². The van der Waals surface area contributed by atoms with Crippen LogP contribution in [0.15, 0.2) is 12.3 Å². The fourth-order valence-electron chi connectivity index (χ4n) is 3.84. The maximum Gasteiger partial charge on any atom is 0.210 e. The summed E-state index contributed by atoms with van der Waals surface area (Å²) in [6.07, 6.45) is -7.87. The van der Waals surface area contributed by atoms with Crippen LogP contribution in [0.5, 0.6) is 0 Å². The highest BCUT2D eigenvalue weighted by Crippen LogP contribution is 2.49. The predicted octanol–water partition coefficient (Wildman–Crippen LogP) is -3.46. The fraction of sp³-hybridized carbons (Fsp3) is 0.867. The van der Waals surface area contributed by atoms with E-state index in [-0.39, 0.29) is 6.42 Å². The summed E-state index contributed by atoms with van der Waals surface area (Å²) in [6.45, 7) is 0.783. The molecule has 0 radical (unpaired) electrons. The average molecular weight is 364 g/mol. The molecule has 1 aliphatic carbocycles. The highest BCUT2D eigenvalue weighted by molar-refractivity contribution is 5.21. The number of rotatable bonds is 3.